The quantitative estimate of drug-likeness (QED) is 0.563. The van der Waals surface area contributed by atoms with Gasteiger partial charge in [-0.15, -0.1) is 0 Å². The van der Waals surface area contributed by atoms with Gasteiger partial charge in [0.2, 0.25) is 0 Å². The summed E-state index contributed by atoms with van der Waals surface area (Å²) in [6.07, 6.45) is 1.72. The Morgan fingerprint density at radius 3 is 3.50 bits per heavy atom. The van der Waals surface area contributed by atoms with Crippen LogP contribution in [0.5, 0.6) is 0 Å². The first kappa shape index (κ1) is 5.47. The molecular weight excluding hydrogens is 124 g/mol. The molecule has 1 aromatic rings. The molecule has 1 aliphatic heterocycles. The van der Waals surface area contributed by atoms with Gasteiger partial charge in [-0.2, -0.15) is 0 Å². The van der Waals surface area contributed by atoms with E-state index in [0.717, 1.165) is 12.2 Å². The summed E-state index contributed by atoms with van der Waals surface area (Å²) in [5.41, 5.74) is 2.27. The van der Waals surface area contributed by atoms with Crippen molar-refractivity contribution in [3.63, 3.8) is 0 Å². The van der Waals surface area contributed by atoms with Crippen molar-refractivity contribution < 1.29 is 0 Å². The van der Waals surface area contributed by atoms with Crippen LogP contribution in [-0.2, 0) is 6.54 Å². The van der Waals surface area contributed by atoms with Gasteiger partial charge in [-0.3, -0.25) is 0 Å². The van der Waals surface area contributed by atoms with Gasteiger partial charge in [-0.1, -0.05) is 6.07 Å². The Labute approximate surface area is 59.6 Å². The van der Waals surface area contributed by atoms with Crippen LogP contribution in [0.4, 0.5) is 5.69 Å². The van der Waals surface area contributed by atoms with Crippen molar-refractivity contribution >= 4 is 12.0 Å². The number of hydrogen-bond donors (Lipinski definition) is 1. The SMILES string of the molecule is [c]1ccc2c(c1)CNC=N2. The van der Waals surface area contributed by atoms with Crippen molar-refractivity contribution in [3.8, 4) is 0 Å². The largest absolute Gasteiger partial charge is 0.372 e. The lowest BCUT2D eigenvalue weighted by atomic mass is 10.2. The molecule has 0 bridgehead atoms. The fourth-order valence-electron chi connectivity index (χ4n) is 0.995. The lowest BCUT2D eigenvalue weighted by molar-refractivity contribution is 0.913. The van der Waals surface area contributed by atoms with E-state index in [4.69, 9.17) is 0 Å². The molecule has 0 aromatic heterocycles. The van der Waals surface area contributed by atoms with E-state index in [1.165, 1.54) is 5.56 Å². The average molecular weight is 131 g/mol. The van der Waals surface area contributed by atoms with Crippen molar-refractivity contribution in [2.75, 3.05) is 0 Å². The fraction of sp³-hybridized carbons (Fsp3) is 0.125. The second-order valence-corrected chi connectivity index (χ2v) is 2.19. The summed E-state index contributed by atoms with van der Waals surface area (Å²) in [5, 5.41) is 3.03. The molecule has 0 amide bonds. The minimum Gasteiger partial charge on any atom is -0.372 e. The minimum atomic E-state index is 0.871. The van der Waals surface area contributed by atoms with E-state index in [1.807, 2.05) is 18.2 Å². The van der Waals surface area contributed by atoms with Gasteiger partial charge >= 0.3 is 0 Å². The summed E-state index contributed by atoms with van der Waals surface area (Å²) in [4.78, 5) is 4.14. The highest BCUT2D eigenvalue weighted by molar-refractivity contribution is 5.66. The molecule has 0 saturated heterocycles. The zero-order valence-corrected chi connectivity index (χ0v) is 5.46. The minimum absolute atomic E-state index is 0.871. The van der Waals surface area contributed by atoms with Gasteiger partial charge in [0.15, 0.2) is 0 Å². The summed E-state index contributed by atoms with van der Waals surface area (Å²) in [6.45, 7) is 0.871. The van der Waals surface area contributed by atoms with Gasteiger partial charge in [0.05, 0.1) is 12.0 Å². The molecule has 10 heavy (non-hydrogen) atoms. The molecule has 2 nitrogen and oxygen atoms in total. The number of benzene rings is 1. The van der Waals surface area contributed by atoms with E-state index in [2.05, 4.69) is 16.4 Å². The Kier molecular flexibility index (Phi) is 1.17. The average Bonchev–Trinajstić information content (AvgIpc) is 2.05. The second kappa shape index (κ2) is 2.14. The van der Waals surface area contributed by atoms with Crippen LogP contribution >= 0.6 is 0 Å². The van der Waals surface area contributed by atoms with E-state index in [-0.39, 0.29) is 0 Å². The summed E-state index contributed by atoms with van der Waals surface area (Å²) < 4.78 is 0. The van der Waals surface area contributed by atoms with Crippen LogP contribution in [0, 0.1) is 6.07 Å². The van der Waals surface area contributed by atoms with Gasteiger partial charge in [-0.05, 0) is 23.8 Å². The third-order valence-corrected chi connectivity index (χ3v) is 1.51. The Bertz CT molecular complexity index is 266. The summed E-state index contributed by atoms with van der Waals surface area (Å²) in [6, 6.07) is 8.81. The summed E-state index contributed by atoms with van der Waals surface area (Å²) in [7, 11) is 0. The Hall–Kier alpha value is -1.31. The molecule has 0 atom stereocenters. The van der Waals surface area contributed by atoms with Crippen LogP contribution in [0.1, 0.15) is 5.56 Å². The highest BCUT2D eigenvalue weighted by Gasteiger charge is 2.00. The number of fused-ring (bicyclic) bond motifs is 1. The van der Waals surface area contributed by atoms with Crippen molar-refractivity contribution in [1.82, 2.24) is 5.32 Å². The van der Waals surface area contributed by atoms with Crippen molar-refractivity contribution in [3.05, 3.63) is 29.8 Å². The maximum Gasteiger partial charge on any atom is 0.0889 e. The van der Waals surface area contributed by atoms with Crippen LogP contribution in [0.25, 0.3) is 0 Å². The number of rotatable bonds is 0. The molecule has 0 aliphatic carbocycles. The second-order valence-electron chi connectivity index (χ2n) is 2.19. The van der Waals surface area contributed by atoms with E-state index in [9.17, 15) is 0 Å². The maximum absolute atomic E-state index is 4.14. The van der Waals surface area contributed by atoms with E-state index >= 15 is 0 Å². The number of nitrogens with one attached hydrogen (secondary N) is 1. The molecule has 2 heteroatoms. The van der Waals surface area contributed by atoms with Crippen LogP contribution < -0.4 is 5.32 Å². The molecule has 1 radical (unpaired) electrons. The van der Waals surface area contributed by atoms with Crippen LogP contribution in [0.2, 0.25) is 0 Å². The third kappa shape index (κ3) is 0.778. The molecule has 0 spiro atoms. The van der Waals surface area contributed by atoms with E-state index in [1.54, 1.807) is 6.34 Å². The highest BCUT2D eigenvalue weighted by Crippen LogP contribution is 2.18. The zero-order chi connectivity index (χ0) is 6.81. The zero-order valence-electron chi connectivity index (χ0n) is 5.46. The number of hydrogen-bond acceptors (Lipinski definition) is 2. The van der Waals surface area contributed by atoms with E-state index < -0.39 is 0 Å². The Morgan fingerprint density at radius 1 is 1.60 bits per heavy atom. The fourth-order valence-corrected chi connectivity index (χ4v) is 0.995. The summed E-state index contributed by atoms with van der Waals surface area (Å²) in [5.74, 6) is 0. The predicted octanol–water partition coefficient (Wildman–Crippen LogP) is 1.25. The highest BCUT2D eigenvalue weighted by atomic mass is 15.0. The van der Waals surface area contributed by atoms with Gasteiger partial charge in [-0.25, -0.2) is 4.99 Å². The molecule has 0 unspecified atom stereocenters. The lowest BCUT2D eigenvalue weighted by Gasteiger charge is -2.08. The molecule has 49 valence electrons. The number of aliphatic imine (C=N–C) groups is 1. The first-order valence-corrected chi connectivity index (χ1v) is 3.22. The third-order valence-electron chi connectivity index (χ3n) is 1.51. The topological polar surface area (TPSA) is 24.4 Å². The normalized spacial score (nSPS) is 14.0. The van der Waals surface area contributed by atoms with Crippen LogP contribution in [0.3, 0.4) is 0 Å². The van der Waals surface area contributed by atoms with Crippen LogP contribution in [0.15, 0.2) is 23.2 Å². The maximum atomic E-state index is 4.14. The Balaban J connectivity index is 2.54. The predicted molar refractivity (Wildman–Crippen MR) is 40.3 cm³/mol. The molecule has 1 heterocycles. The molecule has 0 saturated carbocycles. The van der Waals surface area contributed by atoms with Gasteiger partial charge in [0.1, 0.15) is 0 Å². The molecule has 1 N–H and O–H groups in total. The Morgan fingerprint density at radius 2 is 2.60 bits per heavy atom. The molecule has 2 rings (SSSR count). The molecular formula is C8H7N2. The van der Waals surface area contributed by atoms with Crippen molar-refractivity contribution in [2.24, 2.45) is 4.99 Å². The summed E-state index contributed by atoms with van der Waals surface area (Å²) >= 11 is 0. The number of nitrogens with zero attached hydrogens (tertiary/aromatic N) is 1. The van der Waals surface area contributed by atoms with Crippen LogP contribution in [-0.4, -0.2) is 6.34 Å². The monoisotopic (exact) mass is 131 g/mol. The van der Waals surface area contributed by atoms with E-state index in [0.29, 0.717) is 0 Å². The first-order valence-electron chi connectivity index (χ1n) is 3.22. The smallest absolute Gasteiger partial charge is 0.0889 e. The van der Waals surface area contributed by atoms with Gasteiger partial charge in [0.25, 0.3) is 0 Å². The van der Waals surface area contributed by atoms with Crippen molar-refractivity contribution in [1.29, 1.82) is 0 Å². The lowest BCUT2D eigenvalue weighted by Crippen LogP contribution is -2.13. The molecule has 1 aliphatic rings. The van der Waals surface area contributed by atoms with Gasteiger partial charge < -0.3 is 5.32 Å². The molecule has 1 aromatic carbocycles. The van der Waals surface area contributed by atoms with Gasteiger partial charge in [0, 0.05) is 6.54 Å². The standard InChI is InChI=1S/C8H7N2/c1-2-4-8-7(3-1)5-9-6-10-8/h2-4,6H,5H2,(H,9,10). The first-order chi connectivity index (χ1) is 4.97. The molecule has 0 fully saturated rings. The van der Waals surface area contributed by atoms with Crippen molar-refractivity contribution in [2.45, 2.75) is 6.54 Å².